The first-order chi connectivity index (χ1) is 11.5. The fraction of sp³-hybridized carbons (Fsp3) is 0.353. The SMILES string of the molecule is O=C(NCC1(C(=O)O)CCOCC1)c1cc(=O)[nH]c2ccccc12. The van der Waals surface area contributed by atoms with Gasteiger partial charge in [0.15, 0.2) is 0 Å². The molecule has 24 heavy (non-hydrogen) atoms. The third kappa shape index (κ3) is 3.03. The largest absolute Gasteiger partial charge is 0.481 e. The number of carbonyl (C=O) groups is 2. The van der Waals surface area contributed by atoms with Crippen LogP contribution in [0.3, 0.4) is 0 Å². The van der Waals surface area contributed by atoms with Gasteiger partial charge in [0.05, 0.1) is 11.0 Å². The lowest BCUT2D eigenvalue weighted by molar-refractivity contribution is -0.154. The van der Waals surface area contributed by atoms with Crippen molar-refractivity contribution in [1.82, 2.24) is 10.3 Å². The van der Waals surface area contributed by atoms with Gasteiger partial charge in [-0.1, -0.05) is 18.2 Å². The number of H-pyrrole nitrogens is 1. The first kappa shape index (κ1) is 16.2. The van der Waals surface area contributed by atoms with Gasteiger partial charge in [-0.2, -0.15) is 0 Å². The van der Waals surface area contributed by atoms with Gasteiger partial charge in [-0.15, -0.1) is 0 Å². The van der Waals surface area contributed by atoms with E-state index in [2.05, 4.69) is 10.3 Å². The molecule has 0 unspecified atom stereocenters. The Morgan fingerprint density at radius 3 is 2.67 bits per heavy atom. The van der Waals surface area contributed by atoms with Gasteiger partial charge in [0.1, 0.15) is 0 Å². The highest BCUT2D eigenvalue weighted by molar-refractivity contribution is 6.06. The number of amides is 1. The number of carbonyl (C=O) groups excluding carboxylic acids is 1. The van der Waals surface area contributed by atoms with Crippen LogP contribution in [0.1, 0.15) is 23.2 Å². The number of aliphatic carboxylic acids is 1. The normalized spacial score (nSPS) is 16.7. The van der Waals surface area contributed by atoms with Crippen LogP contribution in [0.15, 0.2) is 35.1 Å². The van der Waals surface area contributed by atoms with Gasteiger partial charge in [-0.25, -0.2) is 0 Å². The molecule has 1 aromatic carbocycles. The Bertz CT molecular complexity index is 836. The number of hydrogen-bond acceptors (Lipinski definition) is 4. The molecule has 0 bridgehead atoms. The summed E-state index contributed by atoms with van der Waals surface area (Å²) in [4.78, 5) is 38.6. The lowest BCUT2D eigenvalue weighted by Gasteiger charge is -2.33. The molecule has 0 atom stereocenters. The highest BCUT2D eigenvalue weighted by atomic mass is 16.5. The number of nitrogens with one attached hydrogen (secondary N) is 2. The molecule has 2 aromatic rings. The second-order valence-corrected chi connectivity index (χ2v) is 5.97. The van der Waals surface area contributed by atoms with E-state index in [-0.39, 0.29) is 17.7 Å². The smallest absolute Gasteiger partial charge is 0.311 e. The molecule has 0 aliphatic carbocycles. The van der Waals surface area contributed by atoms with E-state index in [0.717, 1.165) is 0 Å². The molecule has 1 aliphatic rings. The molecule has 1 amide bonds. The van der Waals surface area contributed by atoms with Gasteiger partial charge in [0, 0.05) is 36.7 Å². The third-order valence-electron chi connectivity index (χ3n) is 4.49. The number of carboxylic acids is 1. The lowest BCUT2D eigenvalue weighted by Crippen LogP contribution is -2.46. The van der Waals surface area contributed by atoms with Crippen molar-refractivity contribution in [2.45, 2.75) is 12.8 Å². The zero-order valence-electron chi connectivity index (χ0n) is 13.0. The standard InChI is InChI=1S/C17H18N2O5/c20-14-9-12(11-3-1-2-4-13(11)19-14)15(21)18-10-17(16(22)23)5-7-24-8-6-17/h1-4,9H,5-8,10H2,(H,18,21)(H,19,20)(H,22,23). The minimum Gasteiger partial charge on any atom is -0.481 e. The van der Waals surface area contributed by atoms with E-state index in [1.165, 1.54) is 6.07 Å². The second kappa shape index (κ2) is 6.45. The van der Waals surface area contributed by atoms with Gasteiger partial charge in [0.25, 0.3) is 5.91 Å². The molecular formula is C17H18N2O5. The molecule has 1 saturated heterocycles. The minimum atomic E-state index is -1.02. The predicted molar refractivity (Wildman–Crippen MR) is 87.0 cm³/mol. The average Bonchev–Trinajstić information content (AvgIpc) is 2.59. The quantitative estimate of drug-likeness (QED) is 0.779. The van der Waals surface area contributed by atoms with Crippen molar-refractivity contribution >= 4 is 22.8 Å². The van der Waals surface area contributed by atoms with E-state index in [4.69, 9.17) is 4.74 Å². The van der Waals surface area contributed by atoms with Crippen molar-refractivity contribution in [2.75, 3.05) is 19.8 Å². The number of aromatic nitrogens is 1. The Morgan fingerprint density at radius 1 is 1.25 bits per heavy atom. The summed E-state index contributed by atoms with van der Waals surface area (Å²) in [5.41, 5.74) is -0.598. The number of para-hydroxylation sites is 1. The number of fused-ring (bicyclic) bond motifs is 1. The van der Waals surface area contributed by atoms with Crippen LogP contribution < -0.4 is 10.9 Å². The molecule has 1 aliphatic heterocycles. The van der Waals surface area contributed by atoms with E-state index < -0.39 is 17.3 Å². The summed E-state index contributed by atoms with van der Waals surface area (Å²) in [5, 5.41) is 12.8. The summed E-state index contributed by atoms with van der Waals surface area (Å²) in [5.74, 6) is -1.40. The van der Waals surface area contributed by atoms with E-state index in [0.29, 0.717) is 37.0 Å². The number of carboxylic acid groups (broad SMARTS) is 1. The number of hydrogen-bond donors (Lipinski definition) is 3. The molecule has 7 nitrogen and oxygen atoms in total. The van der Waals surface area contributed by atoms with Crippen molar-refractivity contribution in [1.29, 1.82) is 0 Å². The molecule has 1 aromatic heterocycles. The average molecular weight is 330 g/mol. The summed E-state index contributed by atoms with van der Waals surface area (Å²) < 4.78 is 5.22. The summed E-state index contributed by atoms with van der Waals surface area (Å²) in [6.07, 6.45) is 0.692. The Labute approximate surface area is 137 Å². The highest BCUT2D eigenvalue weighted by Crippen LogP contribution is 2.30. The molecule has 1 fully saturated rings. The highest BCUT2D eigenvalue weighted by Gasteiger charge is 2.40. The number of ether oxygens (including phenoxy) is 1. The first-order valence-corrected chi connectivity index (χ1v) is 7.73. The molecular weight excluding hydrogens is 312 g/mol. The van der Waals surface area contributed by atoms with E-state index in [9.17, 15) is 19.5 Å². The van der Waals surface area contributed by atoms with Crippen LogP contribution in [0, 0.1) is 5.41 Å². The molecule has 0 radical (unpaired) electrons. The van der Waals surface area contributed by atoms with Gasteiger partial charge >= 0.3 is 5.97 Å². The van der Waals surface area contributed by atoms with Crippen molar-refractivity contribution < 1.29 is 19.4 Å². The lowest BCUT2D eigenvalue weighted by atomic mass is 9.80. The monoisotopic (exact) mass is 330 g/mol. The molecule has 2 heterocycles. The summed E-state index contributed by atoms with van der Waals surface area (Å²) in [7, 11) is 0. The Kier molecular flexibility index (Phi) is 4.35. The number of pyridine rings is 1. The van der Waals surface area contributed by atoms with Gasteiger partial charge in [0.2, 0.25) is 5.56 Å². The van der Waals surface area contributed by atoms with Crippen molar-refractivity contribution in [3.8, 4) is 0 Å². The first-order valence-electron chi connectivity index (χ1n) is 7.73. The van der Waals surface area contributed by atoms with Crippen LogP contribution in [0.5, 0.6) is 0 Å². The fourth-order valence-electron chi connectivity index (χ4n) is 2.97. The molecule has 0 spiro atoms. The van der Waals surface area contributed by atoms with Crippen LogP contribution in [-0.2, 0) is 9.53 Å². The van der Waals surface area contributed by atoms with Crippen molar-refractivity contribution in [3.63, 3.8) is 0 Å². The van der Waals surface area contributed by atoms with Gasteiger partial charge < -0.3 is 20.1 Å². The zero-order valence-corrected chi connectivity index (χ0v) is 13.0. The van der Waals surface area contributed by atoms with Crippen molar-refractivity contribution in [3.05, 3.63) is 46.2 Å². The molecule has 3 N–H and O–H groups in total. The Morgan fingerprint density at radius 2 is 1.96 bits per heavy atom. The maximum absolute atomic E-state index is 12.5. The predicted octanol–water partition coefficient (Wildman–Crippen LogP) is 1.14. The van der Waals surface area contributed by atoms with Gasteiger partial charge in [-0.05, 0) is 18.9 Å². The third-order valence-corrected chi connectivity index (χ3v) is 4.49. The molecule has 3 rings (SSSR count). The number of rotatable bonds is 4. The van der Waals surface area contributed by atoms with Crippen LogP contribution in [0.4, 0.5) is 0 Å². The number of aromatic amines is 1. The van der Waals surface area contributed by atoms with Crippen molar-refractivity contribution in [2.24, 2.45) is 5.41 Å². The van der Waals surface area contributed by atoms with Crippen LogP contribution in [0.25, 0.3) is 10.9 Å². The van der Waals surface area contributed by atoms with E-state index >= 15 is 0 Å². The van der Waals surface area contributed by atoms with Crippen LogP contribution in [0.2, 0.25) is 0 Å². The number of benzene rings is 1. The minimum absolute atomic E-state index is 0.00561. The van der Waals surface area contributed by atoms with Gasteiger partial charge in [-0.3, -0.25) is 14.4 Å². The molecule has 7 heteroatoms. The topological polar surface area (TPSA) is 108 Å². The summed E-state index contributed by atoms with van der Waals surface area (Å²) in [6, 6.07) is 8.22. The maximum Gasteiger partial charge on any atom is 0.311 e. The molecule has 126 valence electrons. The second-order valence-electron chi connectivity index (χ2n) is 5.97. The maximum atomic E-state index is 12.5. The zero-order chi connectivity index (χ0) is 17.2. The Hall–Kier alpha value is -2.67. The van der Waals surface area contributed by atoms with E-state index in [1.54, 1.807) is 24.3 Å². The van der Waals surface area contributed by atoms with E-state index in [1.807, 2.05) is 0 Å². The molecule has 0 saturated carbocycles. The summed E-state index contributed by atoms with van der Waals surface area (Å²) >= 11 is 0. The fourth-order valence-corrected chi connectivity index (χ4v) is 2.97. The van der Waals surface area contributed by atoms with Crippen LogP contribution in [-0.4, -0.2) is 41.7 Å². The van der Waals surface area contributed by atoms with Crippen LogP contribution >= 0.6 is 0 Å². The Balaban J connectivity index is 1.85. The summed E-state index contributed by atoms with van der Waals surface area (Å²) in [6.45, 7) is 0.720.